The van der Waals surface area contributed by atoms with Crippen molar-refractivity contribution >= 4 is 17.6 Å². The molecule has 1 heterocycles. The van der Waals surface area contributed by atoms with E-state index in [1.54, 1.807) is 0 Å². The fourth-order valence-electron chi connectivity index (χ4n) is 2.37. The SMILES string of the molecule is CCCCc1ccc(NC(=O)[C@@H]2CC[C@H](C(=O)O)O2)cc1. The van der Waals surface area contributed by atoms with Gasteiger partial charge in [0.15, 0.2) is 6.10 Å². The van der Waals surface area contributed by atoms with Crippen molar-refractivity contribution in [2.45, 2.75) is 51.2 Å². The van der Waals surface area contributed by atoms with Crippen LogP contribution in [0.15, 0.2) is 24.3 Å². The number of carboxylic acids is 1. The Morgan fingerprint density at radius 3 is 2.48 bits per heavy atom. The fourth-order valence-corrected chi connectivity index (χ4v) is 2.37. The smallest absolute Gasteiger partial charge is 0.332 e. The maximum Gasteiger partial charge on any atom is 0.332 e. The van der Waals surface area contributed by atoms with Gasteiger partial charge in [0.25, 0.3) is 5.91 Å². The van der Waals surface area contributed by atoms with Crippen molar-refractivity contribution in [2.24, 2.45) is 0 Å². The van der Waals surface area contributed by atoms with Gasteiger partial charge in [-0.15, -0.1) is 0 Å². The second-order valence-corrected chi connectivity index (χ2v) is 5.32. The molecule has 1 aromatic carbocycles. The van der Waals surface area contributed by atoms with E-state index in [4.69, 9.17) is 9.84 Å². The zero-order valence-corrected chi connectivity index (χ0v) is 12.2. The summed E-state index contributed by atoms with van der Waals surface area (Å²) in [6.07, 6.45) is 2.63. The third-order valence-electron chi connectivity index (χ3n) is 3.63. The molecule has 0 saturated carbocycles. The summed E-state index contributed by atoms with van der Waals surface area (Å²) in [5.41, 5.74) is 1.96. The van der Waals surface area contributed by atoms with E-state index < -0.39 is 18.2 Å². The summed E-state index contributed by atoms with van der Waals surface area (Å²) in [6, 6.07) is 7.74. The van der Waals surface area contributed by atoms with Crippen LogP contribution in [0.4, 0.5) is 5.69 Å². The molecule has 0 aromatic heterocycles. The first-order chi connectivity index (χ1) is 10.1. The molecule has 2 N–H and O–H groups in total. The minimum atomic E-state index is -1.01. The Morgan fingerprint density at radius 1 is 1.24 bits per heavy atom. The minimum Gasteiger partial charge on any atom is -0.479 e. The number of aryl methyl sites for hydroxylation is 1. The Labute approximate surface area is 124 Å². The zero-order chi connectivity index (χ0) is 15.2. The number of carbonyl (C=O) groups excluding carboxylic acids is 1. The maximum atomic E-state index is 12.0. The lowest BCUT2D eigenvalue weighted by Gasteiger charge is -2.12. The van der Waals surface area contributed by atoms with Crippen molar-refractivity contribution < 1.29 is 19.4 Å². The third kappa shape index (κ3) is 4.29. The van der Waals surface area contributed by atoms with Gasteiger partial charge >= 0.3 is 5.97 Å². The molecule has 0 radical (unpaired) electrons. The van der Waals surface area contributed by atoms with Gasteiger partial charge in [-0.05, 0) is 43.4 Å². The normalized spacial score (nSPS) is 21.2. The average Bonchev–Trinajstić information content (AvgIpc) is 2.97. The van der Waals surface area contributed by atoms with E-state index >= 15 is 0 Å². The largest absolute Gasteiger partial charge is 0.479 e. The molecular formula is C16H21NO4. The summed E-state index contributed by atoms with van der Waals surface area (Å²) in [6.45, 7) is 2.15. The van der Waals surface area contributed by atoms with Gasteiger partial charge < -0.3 is 15.2 Å². The number of benzene rings is 1. The molecule has 1 aromatic rings. The number of anilines is 1. The van der Waals surface area contributed by atoms with Crippen molar-refractivity contribution in [1.29, 1.82) is 0 Å². The highest BCUT2D eigenvalue weighted by molar-refractivity contribution is 5.94. The Hall–Kier alpha value is -1.88. The number of hydrogen-bond donors (Lipinski definition) is 2. The van der Waals surface area contributed by atoms with Gasteiger partial charge in [-0.25, -0.2) is 4.79 Å². The molecule has 1 fully saturated rings. The van der Waals surface area contributed by atoms with Crippen LogP contribution in [0.5, 0.6) is 0 Å². The summed E-state index contributed by atoms with van der Waals surface area (Å²) in [7, 11) is 0. The molecular weight excluding hydrogens is 270 g/mol. The number of rotatable bonds is 6. The minimum absolute atomic E-state index is 0.278. The number of ether oxygens (including phenoxy) is 1. The molecule has 2 rings (SSSR count). The van der Waals surface area contributed by atoms with Crippen LogP contribution >= 0.6 is 0 Å². The second kappa shape index (κ2) is 7.22. The summed E-state index contributed by atoms with van der Waals surface area (Å²) < 4.78 is 5.22. The van der Waals surface area contributed by atoms with Gasteiger partial charge in [-0.2, -0.15) is 0 Å². The van der Waals surface area contributed by atoms with Crippen LogP contribution in [-0.2, 0) is 20.7 Å². The first kappa shape index (κ1) is 15.5. The predicted octanol–water partition coefficient (Wildman–Crippen LogP) is 2.60. The Morgan fingerprint density at radius 2 is 1.90 bits per heavy atom. The lowest BCUT2D eigenvalue weighted by Crippen LogP contribution is -2.29. The molecule has 0 aliphatic carbocycles. The molecule has 0 bridgehead atoms. The topological polar surface area (TPSA) is 75.6 Å². The highest BCUT2D eigenvalue weighted by Gasteiger charge is 2.34. The van der Waals surface area contributed by atoms with Gasteiger partial charge in [-0.3, -0.25) is 4.79 Å². The molecule has 1 aliphatic rings. The van der Waals surface area contributed by atoms with E-state index in [-0.39, 0.29) is 5.91 Å². The van der Waals surface area contributed by atoms with Crippen LogP contribution in [0, 0.1) is 0 Å². The summed E-state index contributed by atoms with van der Waals surface area (Å²) in [5, 5.41) is 11.6. The van der Waals surface area contributed by atoms with Crippen LogP contribution in [0.1, 0.15) is 38.2 Å². The van der Waals surface area contributed by atoms with Crippen LogP contribution in [0.25, 0.3) is 0 Å². The van der Waals surface area contributed by atoms with Gasteiger partial charge in [0.2, 0.25) is 0 Å². The summed E-state index contributed by atoms with van der Waals surface area (Å²) >= 11 is 0. The summed E-state index contributed by atoms with van der Waals surface area (Å²) in [4.78, 5) is 22.8. The van der Waals surface area contributed by atoms with Gasteiger partial charge in [0.05, 0.1) is 0 Å². The quantitative estimate of drug-likeness (QED) is 0.844. The number of aliphatic carboxylic acids is 1. The molecule has 114 valence electrons. The number of carbonyl (C=O) groups is 2. The van der Waals surface area contributed by atoms with E-state index in [0.29, 0.717) is 18.5 Å². The first-order valence-electron chi connectivity index (χ1n) is 7.38. The van der Waals surface area contributed by atoms with Crippen LogP contribution < -0.4 is 5.32 Å². The average molecular weight is 291 g/mol. The molecule has 2 atom stereocenters. The maximum absolute atomic E-state index is 12.0. The molecule has 5 nitrogen and oxygen atoms in total. The Kier molecular flexibility index (Phi) is 5.33. The first-order valence-corrected chi connectivity index (χ1v) is 7.38. The number of nitrogens with one attached hydrogen (secondary N) is 1. The summed E-state index contributed by atoms with van der Waals surface area (Å²) in [5.74, 6) is -1.29. The van der Waals surface area contributed by atoms with Crippen molar-refractivity contribution in [1.82, 2.24) is 0 Å². The molecule has 1 saturated heterocycles. The number of carboxylic acid groups (broad SMARTS) is 1. The third-order valence-corrected chi connectivity index (χ3v) is 3.63. The molecule has 5 heteroatoms. The second-order valence-electron chi connectivity index (χ2n) is 5.32. The van der Waals surface area contributed by atoms with Gasteiger partial charge in [0.1, 0.15) is 6.10 Å². The monoisotopic (exact) mass is 291 g/mol. The number of amides is 1. The van der Waals surface area contributed by atoms with Crippen molar-refractivity contribution in [2.75, 3.05) is 5.32 Å². The van der Waals surface area contributed by atoms with Crippen LogP contribution in [-0.4, -0.2) is 29.2 Å². The van der Waals surface area contributed by atoms with Crippen molar-refractivity contribution in [3.63, 3.8) is 0 Å². The highest BCUT2D eigenvalue weighted by Crippen LogP contribution is 2.21. The lowest BCUT2D eigenvalue weighted by molar-refractivity contribution is -0.150. The lowest BCUT2D eigenvalue weighted by atomic mass is 10.1. The molecule has 0 unspecified atom stereocenters. The molecule has 1 amide bonds. The fraction of sp³-hybridized carbons (Fsp3) is 0.500. The van der Waals surface area contributed by atoms with Crippen molar-refractivity contribution in [3.05, 3.63) is 29.8 Å². The molecule has 21 heavy (non-hydrogen) atoms. The predicted molar refractivity (Wildman–Crippen MR) is 79.2 cm³/mol. The van der Waals surface area contributed by atoms with Gasteiger partial charge in [0, 0.05) is 5.69 Å². The number of hydrogen-bond acceptors (Lipinski definition) is 3. The molecule has 1 aliphatic heterocycles. The number of unbranched alkanes of at least 4 members (excludes halogenated alkanes) is 1. The Balaban J connectivity index is 1.87. The van der Waals surface area contributed by atoms with E-state index in [2.05, 4.69) is 12.2 Å². The zero-order valence-electron chi connectivity index (χ0n) is 12.2. The van der Waals surface area contributed by atoms with E-state index in [1.807, 2.05) is 24.3 Å². The van der Waals surface area contributed by atoms with Crippen molar-refractivity contribution in [3.8, 4) is 0 Å². The standard InChI is InChI=1S/C16H21NO4/c1-2-3-4-11-5-7-12(8-6-11)17-15(18)13-9-10-14(21-13)16(19)20/h5-8,13-14H,2-4,9-10H2,1H3,(H,17,18)(H,19,20)/t13-,14+/m0/s1. The van der Waals surface area contributed by atoms with Gasteiger partial charge in [-0.1, -0.05) is 25.5 Å². The Bertz CT molecular complexity index is 498. The van der Waals surface area contributed by atoms with E-state index in [1.165, 1.54) is 5.56 Å². The van der Waals surface area contributed by atoms with Crippen LogP contribution in [0.2, 0.25) is 0 Å². The van der Waals surface area contributed by atoms with E-state index in [0.717, 1.165) is 19.3 Å². The highest BCUT2D eigenvalue weighted by atomic mass is 16.5. The van der Waals surface area contributed by atoms with E-state index in [9.17, 15) is 9.59 Å². The molecule has 0 spiro atoms. The van der Waals surface area contributed by atoms with Crippen LogP contribution in [0.3, 0.4) is 0 Å².